The molecule has 1 aromatic heterocycles. The molecule has 4 rings (SSSR count). The maximum atomic E-state index is 14.7. The molecule has 7 heteroatoms. The predicted octanol–water partition coefficient (Wildman–Crippen LogP) is 5.57. The van der Waals surface area contributed by atoms with Crippen LogP contribution in [0.2, 0.25) is 0 Å². The number of nitrogens with zero attached hydrogens (tertiary/aromatic N) is 1. The molecular formula is C25H21FN2O3S. The third-order valence-corrected chi connectivity index (χ3v) is 6.07. The molecule has 162 valence electrons. The number of carbonyl (C=O) groups excluding carboxylic acids is 2. The fourth-order valence-corrected chi connectivity index (χ4v) is 4.45. The molecule has 0 bridgehead atoms. The van der Waals surface area contributed by atoms with Gasteiger partial charge in [0.25, 0.3) is 11.8 Å². The molecule has 0 saturated heterocycles. The van der Waals surface area contributed by atoms with Gasteiger partial charge < -0.3 is 15.0 Å². The van der Waals surface area contributed by atoms with Crippen LogP contribution in [0.25, 0.3) is 10.1 Å². The van der Waals surface area contributed by atoms with Crippen LogP contribution < -0.4 is 10.1 Å². The van der Waals surface area contributed by atoms with Crippen LogP contribution in [0, 0.1) is 5.82 Å². The third kappa shape index (κ3) is 4.48. The summed E-state index contributed by atoms with van der Waals surface area (Å²) in [5, 5.41) is 3.22. The van der Waals surface area contributed by atoms with Gasteiger partial charge in [0, 0.05) is 41.0 Å². The minimum Gasteiger partial charge on any atom is -0.489 e. The monoisotopic (exact) mass is 448 g/mol. The zero-order valence-corrected chi connectivity index (χ0v) is 18.4. The Morgan fingerprint density at radius 2 is 1.75 bits per heavy atom. The fourth-order valence-electron chi connectivity index (χ4n) is 3.34. The molecule has 32 heavy (non-hydrogen) atoms. The molecule has 0 atom stereocenters. The lowest BCUT2D eigenvalue weighted by Gasteiger charge is -2.12. The summed E-state index contributed by atoms with van der Waals surface area (Å²) in [6.45, 7) is 0.0485. The average molecular weight is 449 g/mol. The van der Waals surface area contributed by atoms with Crippen molar-refractivity contribution >= 4 is 38.9 Å². The van der Waals surface area contributed by atoms with E-state index in [4.69, 9.17) is 4.74 Å². The molecule has 0 aliphatic carbocycles. The van der Waals surface area contributed by atoms with Crippen molar-refractivity contribution in [2.45, 2.75) is 6.61 Å². The van der Waals surface area contributed by atoms with Gasteiger partial charge in [0.1, 0.15) is 23.1 Å². The van der Waals surface area contributed by atoms with Crippen molar-refractivity contribution in [2.75, 3.05) is 19.4 Å². The van der Waals surface area contributed by atoms with Crippen molar-refractivity contribution in [2.24, 2.45) is 0 Å². The highest BCUT2D eigenvalue weighted by atomic mass is 32.1. The van der Waals surface area contributed by atoms with Gasteiger partial charge in [0.2, 0.25) is 0 Å². The van der Waals surface area contributed by atoms with Crippen molar-refractivity contribution in [1.29, 1.82) is 0 Å². The number of halogens is 1. The van der Waals surface area contributed by atoms with Gasteiger partial charge in [-0.1, -0.05) is 30.3 Å². The van der Waals surface area contributed by atoms with E-state index in [1.54, 1.807) is 62.6 Å². The van der Waals surface area contributed by atoms with Gasteiger partial charge in [0.15, 0.2) is 0 Å². The Morgan fingerprint density at radius 1 is 1.00 bits per heavy atom. The molecule has 1 heterocycles. The number of rotatable bonds is 6. The van der Waals surface area contributed by atoms with Gasteiger partial charge in [-0.05, 0) is 42.5 Å². The highest BCUT2D eigenvalue weighted by Crippen LogP contribution is 2.34. The van der Waals surface area contributed by atoms with Gasteiger partial charge in [-0.3, -0.25) is 9.59 Å². The maximum absolute atomic E-state index is 14.7. The number of anilines is 1. The smallest absolute Gasteiger partial charge is 0.266 e. The Hall–Kier alpha value is -3.71. The summed E-state index contributed by atoms with van der Waals surface area (Å²) in [5.74, 6) is -0.318. The van der Waals surface area contributed by atoms with Crippen molar-refractivity contribution in [1.82, 2.24) is 4.90 Å². The Bertz CT molecular complexity index is 1290. The van der Waals surface area contributed by atoms with Gasteiger partial charge in [0.05, 0.1) is 0 Å². The van der Waals surface area contributed by atoms with Gasteiger partial charge >= 0.3 is 0 Å². The molecule has 0 spiro atoms. The normalized spacial score (nSPS) is 10.7. The summed E-state index contributed by atoms with van der Waals surface area (Å²) in [4.78, 5) is 27.2. The second-order valence-electron chi connectivity index (χ2n) is 7.36. The summed E-state index contributed by atoms with van der Waals surface area (Å²) in [6.07, 6.45) is 0. The number of nitrogens with one attached hydrogen (secondary N) is 1. The van der Waals surface area contributed by atoms with Crippen molar-refractivity contribution in [3.8, 4) is 5.75 Å². The number of hydrogen-bond donors (Lipinski definition) is 1. The van der Waals surface area contributed by atoms with E-state index in [1.165, 1.54) is 22.3 Å². The van der Waals surface area contributed by atoms with E-state index in [9.17, 15) is 14.0 Å². The fraction of sp³-hybridized carbons (Fsp3) is 0.120. The lowest BCUT2D eigenvalue weighted by atomic mass is 10.1. The molecule has 5 nitrogen and oxygen atoms in total. The number of thiophene rings is 1. The second kappa shape index (κ2) is 9.20. The standard InChI is InChI=1S/C25H21FN2O3S/c1-28(2)25(30)16-8-6-9-17(14-16)27-24(29)23-19(15-31-18-10-4-3-5-11-18)22-20(26)12-7-13-21(22)32-23/h3-14H,15H2,1-2H3,(H,27,29). The molecule has 0 radical (unpaired) electrons. The van der Waals surface area contributed by atoms with Crippen LogP contribution in [-0.2, 0) is 6.61 Å². The summed E-state index contributed by atoms with van der Waals surface area (Å²) >= 11 is 1.21. The molecule has 0 saturated carbocycles. The number of para-hydroxylation sites is 1. The number of carbonyl (C=O) groups is 2. The van der Waals surface area contributed by atoms with Crippen LogP contribution in [-0.4, -0.2) is 30.8 Å². The van der Waals surface area contributed by atoms with Crippen LogP contribution in [0.5, 0.6) is 5.75 Å². The Balaban J connectivity index is 1.66. The van der Waals surface area contributed by atoms with E-state index in [2.05, 4.69) is 5.32 Å². The summed E-state index contributed by atoms with van der Waals surface area (Å²) in [5.41, 5.74) is 1.43. The van der Waals surface area contributed by atoms with Crippen LogP contribution in [0.1, 0.15) is 25.6 Å². The van der Waals surface area contributed by atoms with E-state index in [-0.39, 0.29) is 18.4 Å². The molecule has 1 N–H and O–H groups in total. The quantitative estimate of drug-likeness (QED) is 0.419. The SMILES string of the molecule is CN(C)C(=O)c1cccc(NC(=O)c2sc3cccc(F)c3c2COc2ccccc2)c1. The first-order chi connectivity index (χ1) is 15.4. The molecule has 0 unspecified atom stereocenters. The molecule has 2 amide bonds. The Labute approximate surface area is 189 Å². The van der Waals surface area contributed by atoms with E-state index < -0.39 is 5.82 Å². The maximum Gasteiger partial charge on any atom is 0.266 e. The Kier molecular flexibility index (Phi) is 6.18. The topological polar surface area (TPSA) is 58.6 Å². The third-order valence-electron chi connectivity index (χ3n) is 4.87. The van der Waals surface area contributed by atoms with E-state index in [0.29, 0.717) is 37.5 Å². The molecule has 3 aromatic carbocycles. The van der Waals surface area contributed by atoms with Gasteiger partial charge in [-0.25, -0.2) is 4.39 Å². The first-order valence-electron chi connectivity index (χ1n) is 9.95. The molecule has 0 fully saturated rings. The van der Waals surface area contributed by atoms with Gasteiger partial charge in [-0.15, -0.1) is 11.3 Å². The number of ether oxygens (including phenoxy) is 1. The van der Waals surface area contributed by atoms with Crippen LogP contribution in [0.15, 0.2) is 72.8 Å². The summed E-state index contributed by atoms with van der Waals surface area (Å²) < 4.78 is 21.2. The number of amides is 2. The minimum absolute atomic E-state index is 0.0485. The highest BCUT2D eigenvalue weighted by Gasteiger charge is 2.22. The number of benzene rings is 3. The minimum atomic E-state index is -0.400. The molecular weight excluding hydrogens is 427 g/mol. The van der Waals surface area contributed by atoms with E-state index >= 15 is 0 Å². The van der Waals surface area contributed by atoms with E-state index in [1.807, 2.05) is 18.2 Å². The largest absolute Gasteiger partial charge is 0.489 e. The summed E-state index contributed by atoms with van der Waals surface area (Å²) in [6, 6.07) is 20.7. The van der Waals surface area contributed by atoms with Crippen molar-refractivity contribution < 1.29 is 18.7 Å². The lowest BCUT2D eigenvalue weighted by Crippen LogP contribution is -2.22. The molecule has 4 aromatic rings. The van der Waals surface area contributed by atoms with Crippen LogP contribution >= 0.6 is 11.3 Å². The molecule has 0 aliphatic rings. The predicted molar refractivity (Wildman–Crippen MR) is 125 cm³/mol. The first-order valence-corrected chi connectivity index (χ1v) is 10.8. The zero-order chi connectivity index (χ0) is 22.7. The summed E-state index contributed by atoms with van der Waals surface area (Å²) in [7, 11) is 3.33. The number of hydrogen-bond acceptors (Lipinski definition) is 4. The van der Waals surface area contributed by atoms with Crippen molar-refractivity contribution in [3.05, 3.63) is 94.6 Å². The van der Waals surface area contributed by atoms with Gasteiger partial charge in [-0.2, -0.15) is 0 Å². The van der Waals surface area contributed by atoms with Crippen LogP contribution in [0.3, 0.4) is 0 Å². The Morgan fingerprint density at radius 3 is 2.50 bits per heavy atom. The molecule has 0 aliphatic heterocycles. The van der Waals surface area contributed by atoms with Crippen molar-refractivity contribution in [3.63, 3.8) is 0 Å². The van der Waals surface area contributed by atoms with Crippen LogP contribution in [0.4, 0.5) is 10.1 Å². The first kappa shape index (κ1) is 21.5. The highest BCUT2D eigenvalue weighted by molar-refractivity contribution is 7.21. The average Bonchev–Trinajstić information content (AvgIpc) is 3.18. The number of fused-ring (bicyclic) bond motifs is 1. The van der Waals surface area contributed by atoms with E-state index in [0.717, 1.165) is 0 Å². The zero-order valence-electron chi connectivity index (χ0n) is 17.6. The lowest BCUT2D eigenvalue weighted by molar-refractivity contribution is 0.0827. The second-order valence-corrected chi connectivity index (χ2v) is 8.41.